The molecule has 0 atom stereocenters. The first-order valence-electron chi connectivity index (χ1n) is 23.0. The summed E-state index contributed by atoms with van der Waals surface area (Å²) >= 11 is -4.99. The normalized spacial score (nSPS) is 13.6. The van der Waals surface area contributed by atoms with Crippen molar-refractivity contribution >= 4 is 19.6 Å². The second kappa shape index (κ2) is 26.9. The zero-order chi connectivity index (χ0) is 42.3. The molecule has 0 unspecified atom stereocenters. The van der Waals surface area contributed by atoms with E-state index in [1.807, 2.05) is 12.2 Å². The summed E-state index contributed by atoms with van der Waals surface area (Å²) < 4.78 is 68.2. The van der Waals surface area contributed by atoms with E-state index in [9.17, 15) is 9.59 Å². The van der Waals surface area contributed by atoms with Gasteiger partial charge in [0.15, 0.2) is 0 Å². The Morgan fingerprint density at radius 3 is 1.22 bits per heavy atom. The van der Waals surface area contributed by atoms with Crippen LogP contribution in [0.4, 0.5) is 17.6 Å². The Balaban J connectivity index is 1.48. The average molecular weight is 855 g/mol. The predicted octanol–water partition coefficient (Wildman–Crippen LogP) is 12.2. The number of nitrogens with one attached hydrogen (secondary N) is 2. The van der Waals surface area contributed by atoms with Crippen molar-refractivity contribution in [2.75, 3.05) is 13.1 Å². The van der Waals surface area contributed by atoms with Gasteiger partial charge in [-0.2, -0.15) is 0 Å². The van der Waals surface area contributed by atoms with E-state index in [-0.39, 0.29) is 56.6 Å². The third kappa shape index (κ3) is 14.4. The molecule has 324 valence electrons. The van der Waals surface area contributed by atoms with Gasteiger partial charge in [0.2, 0.25) is 0 Å². The molecule has 0 saturated carbocycles. The fraction of sp³-hybridized carbons (Fsp3) is 0.560. The van der Waals surface area contributed by atoms with Crippen LogP contribution in [0.1, 0.15) is 166 Å². The molecule has 0 bridgehead atoms. The molecule has 2 aromatic rings. The molecule has 2 amide bonds. The van der Waals surface area contributed by atoms with E-state index in [2.05, 4.69) is 24.5 Å². The number of amides is 2. The van der Waals surface area contributed by atoms with Crippen LogP contribution in [-0.4, -0.2) is 24.9 Å². The molecule has 0 spiro atoms. The molecule has 0 aromatic heterocycles. The minimum atomic E-state index is -4.99. The van der Waals surface area contributed by atoms with Gasteiger partial charge in [-0.15, -0.1) is 0 Å². The summed E-state index contributed by atoms with van der Waals surface area (Å²) in [7, 11) is 0. The van der Waals surface area contributed by atoms with Crippen molar-refractivity contribution in [3.8, 4) is 0 Å². The fourth-order valence-corrected chi connectivity index (χ4v) is 17.1. The summed E-state index contributed by atoms with van der Waals surface area (Å²) in [6.45, 7) is 4.75. The predicted molar refractivity (Wildman–Crippen MR) is 233 cm³/mol. The van der Waals surface area contributed by atoms with Crippen molar-refractivity contribution in [3.63, 3.8) is 0 Å². The summed E-state index contributed by atoms with van der Waals surface area (Å²) in [5.41, 5.74) is 0.397. The summed E-state index contributed by atoms with van der Waals surface area (Å²) in [5.74, 6) is -3.46. The maximum atomic E-state index is 17.2. The van der Waals surface area contributed by atoms with Gasteiger partial charge in [-0.25, -0.2) is 0 Å². The van der Waals surface area contributed by atoms with Crippen molar-refractivity contribution in [2.45, 2.75) is 168 Å². The monoisotopic (exact) mass is 854 g/mol. The molecule has 0 heterocycles. The Hall–Kier alpha value is -3.23. The van der Waals surface area contributed by atoms with Crippen LogP contribution >= 0.6 is 0 Å². The molecule has 2 N–H and O–H groups in total. The Kier molecular flexibility index (Phi) is 22.1. The van der Waals surface area contributed by atoms with Crippen LogP contribution < -0.4 is 18.4 Å². The van der Waals surface area contributed by atoms with E-state index in [4.69, 9.17) is 0 Å². The number of halogens is 4. The molecule has 4 nitrogen and oxygen atoms in total. The molecule has 2 aromatic carbocycles. The zero-order valence-electron chi connectivity index (χ0n) is 36.0. The van der Waals surface area contributed by atoms with E-state index in [0.29, 0.717) is 33.4 Å². The van der Waals surface area contributed by atoms with Crippen molar-refractivity contribution in [2.24, 2.45) is 0 Å². The van der Waals surface area contributed by atoms with Crippen LogP contribution in [-0.2, 0) is 39.0 Å². The van der Waals surface area contributed by atoms with E-state index in [0.717, 1.165) is 38.5 Å². The fourth-order valence-electron chi connectivity index (χ4n) is 8.73. The first-order valence-corrected chi connectivity index (χ1v) is 26.1. The summed E-state index contributed by atoms with van der Waals surface area (Å²) in [6, 6.07) is 5.20. The Morgan fingerprint density at radius 2 is 0.881 bits per heavy atom. The summed E-state index contributed by atoms with van der Waals surface area (Å²) in [4.78, 5) is 25.4. The molecule has 4 rings (SSSR count). The van der Waals surface area contributed by atoms with Crippen molar-refractivity contribution in [3.05, 3.63) is 103 Å². The molecule has 0 saturated heterocycles. The minimum absolute atomic E-state index is 0.104. The zero-order valence-corrected chi connectivity index (χ0v) is 37.5. The van der Waals surface area contributed by atoms with Gasteiger partial charge >= 0.3 is 280 Å². The molecular weight excluding hydrogens is 784 g/mol. The molecule has 0 fully saturated rings. The van der Waals surface area contributed by atoms with Gasteiger partial charge in [0, 0.05) is 0 Å². The molecule has 59 heavy (non-hydrogen) atoms. The molecular formula is C50H70F4N2O2Ti. The van der Waals surface area contributed by atoms with Gasteiger partial charge < -0.3 is 0 Å². The van der Waals surface area contributed by atoms with Crippen LogP contribution in [0.15, 0.2) is 68.5 Å². The number of carbonyl (C=O) groups excluding carboxylic acids is 2. The second-order valence-electron chi connectivity index (χ2n) is 16.5. The van der Waals surface area contributed by atoms with Crippen molar-refractivity contribution < 1.29 is 43.7 Å². The van der Waals surface area contributed by atoms with Gasteiger partial charge in [0.1, 0.15) is 0 Å². The van der Waals surface area contributed by atoms with Crippen LogP contribution in [0.2, 0.25) is 0 Å². The van der Waals surface area contributed by atoms with Crippen LogP contribution in [0, 0.1) is 23.3 Å². The molecule has 9 heteroatoms. The molecule has 2 aliphatic carbocycles. The summed E-state index contributed by atoms with van der Waals surface area (Å²) in [6.07, 6.45) is 33.3. The van der Waals surface area contributed by atoms with Gasteiger partial charge in [0.25, 0.3) is 0 Å². The number of unbranched alkanes of at least 4 members (excludes halogenated alkanes) is 16. The Morgan fingerprint density at radius 1 is 0.525 bits per heavy atom. The Bertz CT molecular complexity index is 1640. The maximum absolute atomic E-state index is 17.2. The van der Waals surface area contributed by atoms with Crippen molar-refractivity contribution in [1.29, 1.82) is 0 Å². The number of hydrogen-bond donors (Lipinski definition) is 2. The topological polar surface area (TPSA) is 58.2 Å². The number of allylic oxidation sites excluding steroid dienone is 8. The van der Waals surface area contributed by atoms with E-state index in [1.54, 1.807) is 24.3 Å². The second-order valence-corrected chi connectivity index (χ2v) is 22.5. The SMILES string of the molecule is CCCCCCCCCCCC(=O)NCCc1ccc(F)[c]([Ti]([C]2=CC=CC2)([C]2=CC=CC2)[c]2c(F)ccc(CCNC(=O)CCCCCCCCCCC)c2F)c1F. The Labute approximate surface area is 356 Å². The first kappa shape index (κ1) is 48.4. The third-order valence-corrected chi connectivity index (χ3v) is 20.0. The van der Waals surface area contributed by atoms with Crippen LogP contribution in [0.3, 0.4) is 0 Å². The molecule has 2 aliphatic rings. The average Bonchev–Trinajstić information content (AvgIpc) is 3.97. The third-order valence-electron chi connectivity index (χ3n) is 12.0. The van der Waals surface area contributed by atoms with Crippen LogP contribution in [0.5, 0.6) is 0 Å². The van der Waals surface area contributed by atoms with E-state index in [1.165, 1.54) is 101 Å². The van der Waals surface area contributed by atoms with Gasteiger partial charge in [-0.1, -0.05) is 78.1 Å². The van der Waals surface area contributed by atoms with Gasteiger partial charge in [-0.05, 0) is 0 Å². The number of carbonyl (C=O) groups is 2. The molecule has 0 radical (unpaired) electrons. The van der Waals surface area contributed by atoms with Gasteiger partial charge in [0.05, 0.1) is 0 Å². The number of hydrogen-bond acceptors (Lipinski definition) is 2. The first-order chi connectivity index (χ1) is 28.7. The standard InChI is InChI=1S/2C20H30F2NO.2C5H5.Ti/c2*1-2-3-4-5-6-7-8-9-10-11-20(24)23-15-14-17-12-13-18(21)16-19(17)22;2*1-2-4-5-3-1;/h2*12-13H,2-11,14-15H2,1H3,(H,23,24);2*1-3H,4H2;. The van der Waals surface area contributed by atoms with Crippen LogP contribution in [0.25, 0.3) is 0 Å². The van der Waals surface area contributed by atoms with Crippen molar-refractivity contribution in [1.82, 2.24) is 10.6 Å². The quantitative estimate of drug-likeness (QED) is 0.0467. The number of benzene rings is 2. The van der Waals surface area contributed by atoms with E-state index < -0.39 is 39.9 Å². The summed E-state index contributed by atoms with van der Waals surface area (Å²) in [5, 5.41) is 5.80. The van der Waals surface area contributed by atoms with E-state index >= 15 is 17.6 Å². The molecule has 0 aliphatic heterocycles. The number of rotatable bonds is 30. The van der Waals surface area contributed by atoms with Gasteiger partial charge in [-0.3, -0.25) is 0 Å².